The number of hydrogen-bond donors (Lipinski definition) is 1. The summed E-state index contributed by atoms with van der Waals surface area (Å²) in [5.74, 6) is 0.326. The van der Waals surface area contributed by atoms with E-state index in [1.165, 1.54) is 6.07 Å². The molecule has 0 amide bonds. The summed E-state index contributed by atoms with van der Waals surface area (Å²) in [5, 5.41) is 0.859. The molecule has 6 nitrogen and oxygen atoms in total. The van der Waals surface area contributed by atoms with E-state index in [1.54, 1.807) is 18.5 Å². The number of pyridine rings is 1. The number of fused-ring (bicyclic) bond motifs is 1. The van der Waals surface area contributed by atoms with Gasteiger partial charge in [0.2, 0.25) is 5.95 Å². The summed E-state index contributed by atoms with van der Waals surface area (Å²) >= 11 is 0. The number of aromatic amines is 1. The predicted molar refractivity (Wildman–Crippen MR) is 108 cm³/mol. The molecule has 1 fully saturated rings. The average Bonchev–Trinajstić information content (AvgIpc) is 2.72. The normalized spacial score (nSPS) is 15.3. The lowest BCUT2D eigenvalue weighted by atomic mass is 10.0. The van der Waals surface area contributed by atoms with Gasteiger partial charge < -0.3 is 9.88 Å². The molecule has 1 aromatic carbocycles. The maximum Gasteiger partial charge on any atom is 0.259 e. The van der Waals surface area contributed by atoms with Crippen LogP contribution in [0.4, 0.5) is 10.3 Å². The first-order chi connectivity index (χ1) is 13.6. The van der Waals surface area contributed by atoms with Gasteiger partial charge in [-0.1, -0.05) is 6.07 Å². The van der Waals surface area contributed by atoms with E-state index in [0.717, 1.165) is 62.8 Å². The molecular weight excluding hydrogens is 357 g/mol. The van der Waals surface area contributed by atoms with Crippen LogP contribution in [0, 0.1) is 12.7 Å². The number of aryl methyl sites for hydroxylation is 2. The summed E-state index contributed by atoms with van der Waals surface area (Å²) in [7, 11) is 0. The highest BCUT2D eigenvalue weighted by Gasteiger charge is 2.18. The number of nitrogens with zero attached hydrogens (tertiary/aromatic N) is 4. The molecule has 28 heavy (non-hydrogen) atoms. The molecule has 4 rings (SSSR count). The molecule has 0 saturated carbocycles. The minimum Gasteiger partial charge on any atom is -0.338 e. The number of anilines is 1. The van der Waals surface area contributed by atoms with Crippen LogP contribution in [0.3, 0.4) is 0 Å². The van der Waals surface area contributed by atoms with Crippen LogP contribution in [-0.4, -0.2) is 52.6 Å². The highest BCUT2D eigenvalue weighted by Crippen LogP contribution is 2.19. The second-order valence-corrected chi connectivity index (χ2v) is 7.26. The highest BCUT2D eigenvalue weighted by atomic mass is 19.1. The van der Waals surface area contributed by atoms with E-state index in [2.05, 4.69) is 24.8 Å². The van der Waals surface area contributed by atoms with Crippen molar-refractivity contribution in [3.63, 3.8) is 0 Å². The Balaban J connectivity index is 1.34. The van der Waals surface area contributed by atoms with Gasteiger partial charge in [0.15, 0.2) is 0 Å². The number of rotatable bonds is 5. The SMILES string of the molecule is Cc1ccc(F)c2c(=O)[nH]c(CCCN3CCN(c4ncccn4)CC3)cc12. The average molecular weight is 381 g/mol. The molecular formula is C21H24FN5O. The molecule has 3 aromatic rings. The Kier molecular flexibility index (Phi) is 5.34. The Labute approximate surface area is 163 Å². The summed E-state index contributed by atoms with van der Waals surface area (Å²) in [6.45, 7) is 6.63. The Bertz CT molecular complexity index is 1010. The van der Waals surface area contributed by atoms with E-state index >= 15 is 0 Å². The maximum atomic E-state index is 14.0. The van der Waals surface area contributed by atoms with Crippen molar-refractivity contribution in [2.24, 2.45) is 0 Å². The van der Waals surface area contributed by atoms with Gasteiger partial charge in [-0.25, -0.2) is 14.4 Å². The van der Waals surface area contributed by atoms with Crippen molar-refractivity contribution in [1.29, 1.82) is 0 Å². The summed E-state index contributed by atoms with van der Waals surface area (Å²) in [4.78, 5) is 28.4. The quantitative estimate of drug-likeness (QED) is 0.736. The number of piperazine rings is 1. The van der Waals surface area contributed by atoms with Crippen molar-refractivity contribution < 1.29 is 4.39 Å². The first kappa shape index (κ1) is 18.6. The Hall–Kier alpha value is -2.80. The number of hydrogen-bond acceptors (Lipinski definition) is 5. The van der Waals surface area contributed by atoms with E-state index in [4.69, 9.17) is 0 Å². The Morgan fingerprint density at radius 3 is 2.64 bits per heavy atom. The standard InChI is InChI=1S/C21H24FN5O/c1-15-5-6-18(22)19-17(15)14-16(25-20(19)28)4-2-9-26-10-12-27(13-11-26)21-23-7-3-8-24-21/h3,5-8,14H,2,4,9-13H2,1H3,(H,25,28). The molecule has 7 heteroatoms. The number of halogens is 1. The van der Waals surface area contributed by atoms with Gasteiger partial charge in [-0.2, -0.15) is 0 Å². The van der Waals surface area contributed by atoms with Gasteiger partial charge in [-0.3, -0.25) is 9.69 Å². The smallest absolute Gasteiger partial charge is 0.259 e. The number of nitrogens with one attached hydrogen (secondary N) is 1. The van der Waals surface area contributed by atoms with Crippen molar-refractivity contribution in [2.45, 2.75) is 19.8 Å². The Morgan fingerprint density at radius 2 is 1.89 bits per heavy atom. The van der Waals surface area contributed by atoms with Crippen molar-refractivity contribution >= 4 is 16.7 Å². The van der Waals surface area contributed by atoms with E-state index in [1.807, 2.05) is 19.1 Å². The molecule has 0 bridgehead atoms. The third kappa shape index (κ3) is 3.89. The van der Waals surface area contributed by atoms with Gasteiger partial charge in [0.1, 0.15) is 5.82 Å². The summed E-state index contributed by atoms with van der Waals surface area (Å²) < 4.78 is 14.0. The van der Waals surface area contributed by atoms with Crippen molar-refractivity contribution in [1.82, 2.24) is 19.9 Å². The van der Waals surface area contributed by atoms with Crippen LogP contribution in [0.25, 0.3) is 10.8 Å². The van der Waals surface area contributed by atoms with Crippen LogP contribution in [0.5, 0.6) is 0 Å². The van der Waals surface area contributed by atoms with Crippen LogP contribution < -0.4 is 10.5 Å². The molecule has 0 atom stereocenters. The van der Waals surface area contributed by atoms with Crippen LogP contribution in [0.1, 0.15) is 17.7 Å². The third-order valence-electron chi connectivity index (χ3n) is 5.36. The van der Waals surface area contributed by atoms with Crippen molar-refractivity contribution in [2.75, 3.05) is 37.6 Å². The minimum atomic E-state index is -0.464. The molecule has 2 aromatic heterocycles. The second kappa shape index (κ2) is 8.06. The summed E-state index contributed by atoms with van der Waals surface area (Å²) in [5.41, 5.74) is 1.44. The zero-order chi connectivity index (χ0) is 19.5. The number of benzene rings is 1. The molecule has 1 aliphatic heterocycles. The van der Waals surface area contributed by atoms with Crippen LogP contribution in [0.2, 0.25) is 0 Å². The molecule has 0 spiro atoms. The maximum absolute atomic E-state index is 14.0. The molecule has 0 unspecified atom stereocenters. The summed E-state index contributed by atoms with van der Waals surface area (Å²) in [6, 6.07) is 6.82. The van der Waals surface area contributed by atoms with Crippen LogP contribution >= 0.6 is 0 Å². The lowest BCUT2D eigenvalue weighted by Gasteiger charge is -2.34. The molecule has 0 aliphatic carbocycles. The zero-order valence-electron chi connectivity index (χ0n) is 16.0. The fourth-order valence-electron chi connectivity index (χ4n) is 3.79. The largest absolute Gasteiger partial charge is 0.338 e. The van der Waals surface area contributed by atoms with Gasteiger partial charge >= 0.3 is 0 Å². The van der Waals surface area contributed by atoms with Gasteiger partial charge in [-0.15, -0.1) is 0 Å². The highest BCUT2D eigenvalue weighted by molar-refractivity contribution is 5.85. The fraction of sp³-hybridized carbons (Fsp3) is 0.381. The molecule has 1 saturated heterocycles. The molecule has 1 aliphatic rings. The third-order valence-corrected chi connectivity index (χ3v) is 5.36. The first-order valence-corrected chi connectivity index (χ1v) is 9.67. The van der Waals surface area contributed by atoms with Gasteiger partial charge in [-0.05, 0) is 55.5 Å². The topological polar surface area (TPSA) is 65.1 Å². The minimum absolute atomic E-state index is 0.156. The number of H-pyrrole nitrogens is 1. The second-order valence-electron chi connectivity index (χ2n) is 7.26. The molecule has 1 N–H and O–H groups in total. The van der Waals surface area contributed by atoms with E-state index in [0.29, 0.717) is 5.39 Å². The molecule has 146 valence electrons. The fourth-order valence-corrected chi connectivity index (χ4v) is 3.79. The Morgan fingerprint density at radius 1 is 1.14 bits per heavy atom. The van der Waals surface area contributed by atoms with Gasteiger partial charge in [0.05, 0.1) is 5.39 Å². The van der Waals surface area contributed by atoms with Gasteiger partial charge in [0.25, 0.3) is 5.56 Å². The number of aromatic nitrogens is 3. The predicted octanol–water partition coefficient (Wildman–Crippen LogP) is 2.52. The lowest BCUT2D eigenvalue weighted by Crippen LogP contribution is -2.47. The van der Waals surface area contributed by atoms with E-state index < -0.39 is 5.82 Å². The molecule has 0 radical (unpaired) electrons. The van der Waals surface area contributed by atoms with Crippen LogP contribution in [-0.2, 0) is 6.42 Å². The van der Waals surface area contributed by atoms with Crippen LogP contribution in [0.15, 0.2) is 41.5 Å². The first-order valence-electron chi connectivity index (χ1n) is 9.67. The lowest BCUT2D eigenvalue weighted by molar-refractivity contribution is 0.253. The van der Waals surface area contributed by atoms with E-state index in [-0.39, 0.29) is 10.9 Å². The molecule has 3 heterocycles. The summed E-state index contributed by atoms with van der Waals surface area (Å²) in [6.07, 6.45) is 5.25. The van der Waals surface area contributed by atoms with Gasteiger partial charge in [0, 0.05) is 44.3 Å². The zero-order valence-corrected chi connectivity index (χ0v) is 16.0. The van der Waals surface area contributed by atoms with Crippen molar-refractivity contribution in [3.8, 4) is 0 Å². The van der Waals surface area contributed by atoms with E-state index in [9.17, 15) is 9.18 Å². The van der Waals surface area contributed by atoms with Crippen molar-refractivity contribution in [3.05, 3.63) is 64.1 Å². The monoisotopic (exact) mass is 381 g/mol.